The number of hydrogen-bond acceptors (Lipinski definition) is 7. The molecule has 0 saturated carbocycles. The summed E-state index contributed by atoms with van der Waals surface area (Å²) in [6.07, 6.45) is 1.83. The molecule has 0 radical (unpaired) electrons. The summed E-state index contributed by atoms with van der Waals surface area (Å²) in [4.78, 5) is 27.2. The Morgan fingerprint density at radius 1 is 1.10 bits per heavy atom. The van der Waals surface area contributed by atoms with Gasteiger partial charge in [-0.25, -0.2) is 9.97 Å². The van der Waals surface area contributed by atoms with Gasteiger partial charge in [0.15, 0.2) is 5.65 Å². The molecule has 1 amide bonds. The van der Waals surface area contributed by atoms with Gasteiger partial charge in [0, 0.05) is 50.4 Å². The summed E-state index contributed by atoms with van der Waals surface area (Å²) in [5.41, 5.74) is 2.12. The van der Waals surface area contributed by atoms with Gasteiger partial charge in [0.2, 0.25) is 5.91 Å². The summed E-state index contributed by atoms with van der Waals surface area (Å²) in [7, 11) is 1.90. The number of carbonyl (C=O) groups is 1. The van der Waals surface area contributed by atoms with Gasteiger partial charge in [0.05, 0.1) is 18.1 Å². The summed E-state index contributed by atoms with van der Waals surface area (Å²) >= 11 is 1.76. The highest BCUT2D eigenvalue weighted by molar-refractivity contribution is 7.99. The van der Waals surface area contributed by atoms with E-state index >= 15 is 0 Å². The maximum absolute atomic E-state index is 12.3. The van der Waals surface area contributed by atoms with E-state index in [0.29, 0.717) is 13.1 Å². The van der Waals surface area contributed by atoms with Crippen molar-refractivity contribution < 1.29 is 4.79 Å². The van der Waals surface area contributed by atoms with E-state index in [1.807, 2.05) is 20.2 Å². The average Bonchev–Trinajstić information content (AvgIpc) is 3.13. The van der Waals surface area contributed by atoms with Crippen molar-refractivity contribution in [1.82, 2.24) is 30.0 Å². The van der Waals surface area contributed by atoms with Crippen LogP contribution in [-0.4, -0.2) is 75.6 Å². The van der Waals surface area contributed by atoms with Gasteiger partial charge in [-0.05, 0) is 26.0 Å². The molecule has 1 fully saturated rings. The van der Waals surface area contributed by atoms with Gasteiger partial charge in [0.25, 0.3) is 0 Å². The van der Waals surface area contributed by atoms with Crippen molar-refractivity contribution in [3.05, 3.63) is 41.9 Å². The Bertz CT molecular complexity index is 1040. The van der Waals surface area contributed by atoms with Crippen molar-refractivity contribution in [2.75, 3.05) is 49.9 Å². The first-order chi connectivity index (χ1) is 15.0. The monoisotopic (exact) mass is 439 g/mol. The topological polar surface area (TPSA) is 79.2 Å². The predicted octanol–water partition coefficient (Wildman–Crippen LogP) is 2.01. The Morgan fingerprint density at radius 3 is 2.58 bits per heavy atom. The van der Waals surface area contributed by atoms with E-state index in [9.17, 15) is 4.79 Å². The molecule has 1 N–H and O–H groups in total. The van der Waals surface area contributed by atoms with E-state index in [0.717, 1.165) is 54.6 Å². The summed E-state index contributed by atoms with van der Waals surface area (Å²) in [6, 6.07) is 8.48. The van der Waals surface area contributed by atoms with E-state index < -0.39 is 0 Å². The Labute approximate surface area is 187 Å². The molecule has 2 aromatic heterocycles. The van der Waals surface area contributed by atoms with Crippen LogP contribution in [0.3, 0.4) is 0 Å². The zero-order valence-corrected chi connectivity index (χ0v) is 19.2. The largest absolute Gasteiger partial charge is 0.354 e. The quantitative estimate of drug-likeness (QED) is 0.446. The standard InChI is InChI=1S/C22H29N7OS/c1-16-4-6-18(7-5-16)31-13-8-23-20(30)15-28-9-11-29(12-10-28)22-19-14-24-27(3)21(19)25-17(2)26-22/h4-7,14H,8-13,15H2,1-3H3,(H,23,30). The lowest BCUT2D eigenvalue weighted by molar-refractivity contribution is -0.122. The van der Waals surface area contributed by atoms with Gasteiger partial charge in [-0.15, -0.1) is 11.8 Å². The molecule has 3 aromatic rings. The number of nitrogens with zero attached hydrogens (tertiary/aromatic N) is 6. The Hall–Kier alpha value is -2.65. The first-order valence-corrected chi connectivity index (χ1v) is 11.6. The minimum absolute atomic E-state index is 0.0884. The van der Waals surface area contributed by atoms with Crippen LogP contribution in [0, 0.1) is 13.8 Å². The van der Waals surface area contributed by atoms with Crippen LogP contribution < -0.4 is 10.2 Å². The number of thioether (sulfide) groups is 1. The summed E-state index contributed by atoms with van der Waals surface area (Å²) in [5.74, 6) is 2.64. The molecule has 9 heteroatoms. The van der Waals surface area contributed by atoms with Crippen LogP contribution in [0.25, 0.3) is 11.0 Å². The molecule has 0 unspecified atom stereocenters. The van der Waals surface area contributed by atoms with Gasteiger partial charge in [-0.1, -0.05) is 17.7 Å². The zero-order chi connectivity index (χ0) is 21.8. The lowest BCUT2D eigenvalue weighted by Gasteiger charge is -2.35. The second-order valence-electron chi connectivity index (χ2n) is 7.87. The van der Waals surface area contributed by atoms with Crippen LogP contribution in [-0.2, 0) is 11.8 Å². The summed E-state index contributed by atoms with van der Waals surface area (Å²) in [5, 5.41) is 8.35. The van der Waals surface area contributed by atoms with Crippen LogP contribution in [0.1, 0.15) is 11.4 Å². The van der Waals surface area contributed by atoms with Crippen LogP contribution in [0.5, 0.6) is 0 Å². The third kappa shape index (κ3) is 5.34. The van der Waals surface area contributed by atoms with Crippen molar-refractivity contribution in [3.63, 3.8) is 0 Å². The number of carbonyl (C=O) groups excluding carboxylic acids is 1. The molecule has 1 saturated heterocycles. The molecular weight excluding hydrogens is 410 g/mol. The van der Waals surface area contributed by atoms with Crippen LogP contribution in [0.15, 0.2) is 35.4 Å². The SMILES string of the molecule is Cc1ccc(SCCNC(=O)CN2CCN(c3nc(C)nc4c3cnn4C)CC2)cc1. The third-order valence-electron chi connectivity index (χ3n) is 5.44. The van der Waals surface area contributed by atoms with E-state index in [-0.39, 0.29) is 5.91 Å². The van der Waals surface area contributed by atoms with Gasteiger partial charge < -0.3 is 10.2 Å². The first kappa shape index (κ1) is 21.6. The lowest BCUT2D eigenvalue weighted by Crippen LogP contribution is -2.50. The number of aryl methyl sites for hydroxylation is 3. The Kier molecular flexibility index (Phi) is 6.72. The van der Waals surface area contributed by atoms with E-state index in [4.69, 9.17) is 0 Å². The van der Waals surface area contributed by atoms with Gasteiger partial charge in [0.1, 0.15) is 11.6 Å². The molecule has 0 spiro atoms. The van der Waals surface area contributed by atoms with Crippen molar-refractivity contribution >= 4 is 34.5 Å². The number of amides is 1. The highest BCUT2D eigenvalue weighted by Gasteiger charge is 2.22. The first-order valence-electron chi connectivity index (χ1n) is 10.6. The number of aromatic nitrogens is 4. The van der Waals surface area contributed by atoms with Gasteiger partial charge in [-0.3, -0.25) is 14.4 Å². The van der Waals surface area contributed by atoms with E-state index in [1.54, 1.807) is 16.4 Å². The number of rotatable bonds is 7. The maximum atomic E-state index is 12.3. The molecule has 0 bridgehead atoms. The highest BCUT2D eigenvalue weighted by atomic mass is 32.2. The molecule has 164 valence electrons. The molecule has 1 aliphatic rings. The molecule has 1 aliphatic heterocycles. The molecule has 31 heavy (non-hydrogen) atoms. The Balaban J connectivity index is 1.22. The van der Waals surface area contributed by atoms with Crippen LogP contribution in [0.2, 0.25) is 0 Å². The lowest BCUT2D eigenvalue weighted by atomic mass is 10.2. The summed E-state index contributed by atoms with van der Waals surface area (Å²) in [6.45, 7) is 8.43. The number of nitrogens with one attached hydrogen (secondary N) is 1. The van der Waals surface area contributed by atoms with E-state index in [1.165, 1.54) is 10.5 Å². The average molecular weight is 440 g/mol. The summed E-state index contributed by atoms with van der Waals surface area (Å²) < 4.78 is 1.78. The number of benzene rings is 1. The molecule has 0 atom stereocenters. The van der Waals surface area contributed by atoms with E-state index in [2.05, 4.69) is 61.4 Å². The fourth-order valence-corrected chi connectivity index (χ4v) is 4.49. The second kappa shape index (κ2) is 9.65. The predicted molar refractivity (Wildman–Crippen MR) is 125 cm³/mol. The number of piperazine rings is 1. The normalized spacial score (nSPS) is 14.9. The molecule has 1 aromatic carbocycles. The molecule has 0 aliphatic carbocycles. The zero-order valence-electron chi connectivity index (χ0n) is 18.3. The molecule has 8 nitrogen and oxygen atoms in total. The van der Waals surface area contributed by atoms with Crippen molar-refractivity contribution in [3.8, 4) is 0 Å². The molecule has 4 rings (SSSR count). The molecular formula is C22H29N7OS. The smallest absolute Gasteiger partial charge is 0.234 e. The number of fused-ring (bicyclic) bond motifs is 1. The fraction of sp³-hybridized carbons (Fsp3) is 0.455. The number of anilines is 1. The Morgan fingerprint density at radius 2 is 1.84 bits per heavy atom. The second-order valence-corrected chi connectivity index (χ2v) is 9.04. The maximum Gasteiger partial charge on any atom is 0.234 e. The van der Waals surface area contributed by atoms with Crippen molar-refractivity contribution in [2.45, 2.75) is 18.7 Å². The third-order valence-corrected chi connectivity index (χ3v) is 6.45. The minimum Gasteiger partial charge on any atom is -0.354 e. The van der Waals surface area contributed by atoms with Crippen LogP contribution >= 0.6 is 11.8 Å². The highest BCUT2D eigenvalue weighted by Crippen LogP contribution is 2.24. The van der Waals surface area contributed by atoms with Crippen molar-refractivity contribution in [1.29, 1.82) is 0 Å². The fourth-order valence-electron chi connectivity index (χ4n) is 3.72. The van der Waals surface area contributed by atoms with Crippen molar-refractivity contribution in [2.24, 2.45) is 7.05 Å². The van der Waals surface area contributed by atoms with Crippen LogP contribution in [0.4, 0.5) is 5.82 Å². The molecule has 3 heterocycles. The van der Waals surface area contributed by atoms with Gasteiger partial charge in [-0.2, -0.15) is 5.10 Å². The van der Waals surface area contributed by atoms with Gasteiger partial charge >= 0.3 is 0 Å². The number of hydrogen-bond donors (Lipinski definition) is 1. The minimum atomic E-state index is 0.0884.